The molecule has 4 atom stereocenters. The van der Waals surface area contributed by atoms with E-state index in [1.807, 2.05) is 20.8 Å². The van der Waals surface area contributed by atoms with E-state index in [1.165, 1.54) is 10.8 Å². The van der Waals surface area contributed by atoms with Crippen LogP contribution in [0.4, 0.5) is 0 Å². The number of aromatic amines is 1. The second-order valence-electron chi connectivity index (χ2n) is 7.08. The number of nitrogens with two attached hydrogens (primary N) is 1. The molecule has 1 unspecified atom stereocenters. The highest BCUT2D eigenvalue weighted by atomic mass is 16.5. The lowest BCUT2D eigenvalue weighted by molar-refractivity contribution is -0.138. The van der Waals surface area contributed by atoms with Gasteiger partial charge in [0, 0.05) is 18.2 Å². The van der Waals surface area contributed by atoms with Gasteiger partial charge in [-0.2, -0.15) is 0 Å². The molecule has 23 heavy (non-hydrogen) atoms. The molecule has 1 amide bonds. The largest absolute Gasteiger partial charge is 0.390 e. The molecule has 0 saturated carbocycles. The first-order valence-corrected chi connectivity index (χ1v) is 7.47. The van der Waals surface area contributed by atoms with Crippen LogP contribution in [0, 0.1) is 18.3 Å². The summed E-state index contributed by atoms with van der Waals surface area (Å²) in [5.74, 6) is -1.27. The zero-order valence-corrected chi connectivity index (χ0v) is 13.7. The highest BCUT2D eigenvalue weighted by Crippen LogP contribution is 2.39. The van der Waals surface area contributed by atoms with Gasteiger partial charge in [-0.05, 0) is 12.3 Å². The molecular weight excluding hydrogens is 302 g/mol. The number of rotatable bonds is 3. The van der Waals surface area contributed by atoms with Crippen molar-refractivity contribution in [2.75, 3.05) is 0 Å². The Hall–Kier alpha value is -1.93. The summed E-state index contributed by atoms with van der Waals surface area (Å²) in [6, 6.07) is 0. The molecule has 1 fully saturated rings. The SMILES string of the molecule is Cc1cn([C@H]2C[C@H](O)[C@@H](C(C(N)=O)C(C)(C)C)O2)c(=O)[nH]c1=O. The van der Waals surface area contributed by atoms with Gasteiger partial charge in [0.05, 0.1) is 18.1 Å². The molecule has 0 aliphatic carbocycles. The van der Waals surface area contributed by atoms with Crippen molar-refractivity contribution in [1.29, 1.82) is 0 Å². The Labute approximate surface area is 133 Å². The van der Waals surface area contributed by atoms with Crippen LogP contribution in [0.2, 0.25) is 0 Å². The van der Waals surface area contributed by atoms with Gasteiger partial charge < -0.3 is 15.6 Å². The van der Waals surface area contributed by atoms with Crippen LogP contribution in [0.1, 0.15) is 39.0 Å². The number of carbonyl (C=O) groups is 1. The van der Waals surface area contributed by atoms with E-state index in [1.54, 1.807) is 6.92 Å². The summed E-state index contributed by atoms with van der Waals surface area (Å²) in [7, 11) is 0. The van der Waals surface area contributed by atoms with E-state index in [4.69, 9.17) is 10.5 Å². The number of amides is 1. The number of nitrogens with zero attached hydrogens (tertiary/aromatic N) is 1. The number of H-pyrrole nitrogens is 1. The molecule has 8 nitrogen and oxygen atoms in total. The molecule has 8 heteroatoms. The standard InChI is InChI=1S/C15H23N3O5/c1-7-6-18(14(22)17-13(7)21)9-5-8(19)11(23-9)10(12(16)20)15(2,3)4/h6,8-11,19H,5H2,1-4H3,(H2,16,20)(H,17,21,22)/t8-,9+,10?,11-/m0/s1. The molecule has 2 rings (SSSR count). The van der Waals surface area contributed by atoms with E-state index < -0.39 is 46.9 Å². The van der Waals surface area contributed by atoms with Crippen molar-refractivity contribution in [2.24, 2.45) is 17.1 Å². The summed E-state index contributed by atoms with van der Waals surface area (Å²) in [5.41, 5.74) is 4.24. The minimum atomic E-state index is -0.934. The third kappa shape index (κ3) is 3.37. The number of aliphatic hydroxyl groups is 1. The predicted molar refractivity (Wildman–Crippen MR) is 82.7 cm³/mol. The molecule has 128 valence electrons. The van der Waals surface area contributed by atoms with E-state index in [9.17, 15) is 19.5 Å². The molecule has 1 aromatic rings. The zero-order chi connectivity index (χ0) is 17.5. The van der Waals surface area contributed by atoms with Crippen LogP contribution in [0.5, 0.6) is 0 Å². The van der Waals surface area contributed by atoms with Gasteiger partial charge in [-0.15, -0.1) is 0 Å². The Balaban J connectivity index is 2.35. The van der Waals surface area contributed by atoms with E-state index in [0.29, 0.717) is 5.56 Å². The fourth-order valence-electron chi connectivity index (χ4n) is 3.03. The lowest BCUT2D eigenvalue weighted by Gasteiger charge is -2.33. The smallest absolute Gasteiger partial charge is 0.330 e. The van der Waals surface area contributed by atoms with Gasteiger partial charge in [0.1, 0.15) is 6.23 Å². The number of nitrogens with one attached hydrogen (secondary N) is 1. The summed E-state index contributed by atoms with van der Waals surface area (Å²) < 4.78 is 7.00. The highest BCUT2D eigenvalue weighted by Gasteiger charge is 2.47. The third-order valence-corrected chi connectivity index (χ3v) is 4.16. The lowest BCUT2D eigenvalue weighted by Crippen LogP contribution is -2.46. The Morgan fingerprint density at radius 1 is 1.48 bits per heavy atom. The molecule has 2 heterocycles. The van der Waals surface area contributed by atoms with Gasteiger partial charge in [0.15, 0.2) is 0 Å². The van der Waals surface area contributed by atoms with Gasteiger partial charge in [-0.3, -0.25) is 19.1 Å². The molecular formula is C15H23N3O5. The molecule has 0 radical (unpaired) electrons. The second kappa shape index (κ2) is 5.93. The van der Waals surface area contributed by atoms with Crippen LogP contribution in [0.15, 0.2) is 15.8 Å². The maximum Gasteiger partial charge on any atom is 0.330 e. The summed E-state index contributed by atoms with van der Waals surface area (Å²) in [5, 5.41) is 10.3. The predicted octanol–water partition coefficient (Wildman–Crippen LogP) is -0.359. The molecule has 1 saturated heterocycles. The monoisotopic (exact) mass is 325 g/mol. The molecule has 0 spiro atoms. The molecule has 1 aliphatic rings. The average molecular weight is 325 g/mol. The number of hydrogen-bond acceptors (Lipinski definition) is 5. The van der Waals surface area contributed by atoms with Gasteiger partial charge >= 0.3 is 5.69 Å². The van der Waals surface area contributed by atoms with E-state index in [-0.39, 0.29) is 6.42 Å². The quantitative estimate of drug-likeness (QED) is 0.699. The number of ether oxygens (including phenoxy) is 1. The van der Waals surface area contributed by atoms with E-state index >= 15 is 0 Å². The maximum atomic E-state index is 11.9. The molecule has 1 aromatic heterocycles. The Bertz CT molecular complexity index is 715. The molecule has 0 bridgehead atoms. The maximum absolute atomic E-state index is 11.9. The first kappa shape index (κ1) is 17.4. The normalized spacial score (nSPS) is 26.2. The topological polar surface area (TPSA) is 127 Å². The lowest BCUT2D eigenvalue weighted by atomic mass is 9.75. The van der Waals surface area contributed by atoms with Crippen molar-refractivity contribution in [3.8, 4) is 0 Å². The summed E-state index contributed by atoms with van der Waals surface area (Å²) in [6.45, 7) is 7.07. The van der Waals surface area contributed by atoms with Crippen molar-refractivity contribution >= 4 is 5.91 Å². The third-order valence-electron chi connectivity index (χ3n) is 4.16. The summed E-state index contributed by atoms with van der Waals surface area (Å²) in [6.07, 6.45) is -0.984. The van der Waals surface area contributed by atoms with Gasteiger partial charge in [-0.1, -0.05) is 20.8 Å². The number of aliphatic hydroxyl groups excluding tert-OH is 1. The Morgan fingerprint density at radius 2 is 2.09 bits per heavy atom. The minimum absolute atomic E-state index is 0.135. The number of aromatic nitrogens is 2. The fraction of sp³-hybridized carbons (Fsp3) is 0.667. The first-order chi connectivity index (χ1) is 10.5. The van der Waals surface area contributed by atoms with E-state index in [2.05, 4.69) is 4.98 Å². The summed E-state index contributed by atoms with van der Waals surface area (Å²) >= 11 is 0. The van der Waals surface area contributed by atoms with Crippen LogP contribution >= 0.6 is 0 Å². The molecule has 0 aromatic carbocycles. The summed E-state index contributed by atoms with van der Waals surface area (Å²) in [4.78, 5) is 37.4. The number of carbonyl (C=O) groups excluding carboxylic acids is 1. The Morgan fingerprint density at radius 3 is 2.61 bits per heavy atom. The van der Waals surface area contributed by atoms with Crippen LogP contribution in [0.3, 0.4) is 0 Å². The zero-order valence-electron chi connectivity index (χ0n) is 13.7. The molecule has 1 aliphatic heterocycles. The van der Waals surface area contributed by atoms with Crippen molar-refractivity contribution in [1.82, 2.24) is 9.55 Å². The van der Waals surface area contributed by atoms with Gasteiger partial charge in [0.2, 0.25) is 5.91 Å². The average Bonchev–Trinajstić information content (AvgIpc) is 2.73. The number of hydrogen-bond donors (Lipinski definition) is 3. The minimum Gasteiger partial charge on any atom is -0.390 e. The fourth-order valence-corrected chi connectivity index (χ4v) is 3.03. The first-order valence-electron chi connectivity index (χ1n) is 7.47. The second-order valence-corrected chi connectivity index (χ2v) is 7.08. The van der Waals surface area contributed by atoms with Crippen LogP contribution in [-0.2, 0) is 9.53 Å². The van der Waals surface area contributed by atoms with Gasteiger partial charge in [0.25, 0.3) is 5.56 Å². The van der Waals surface area contributed by atoms with Crippen molar-refractivity contribution in [2.45, 2.75) is 52.6 Å². The Kier molecular flexibility index (Phi) is 4.50. The van der Waals surface area contributed by atoms with E-state index in [0.717, 1.165) is 0 Å². The van der Waals surface area contributed by atoms with Crippen LogP contribution in [-0.4, -0.2) is 32.8 Å². The number of aryl methyl sites for hydroxylation is 1. The van der Waals surface area contributed by atoms with Crippen LogP contribution < -0.4 is 17.0 Å². The van der Waals surface area contributed by atoms with Crippen molar-refractivity contribution in [3.05, 3.63) is 32.6 Å². The van der Waals surface area contributed by atoms with Crippen molar-refractivity contribution in [3.63, 3.8) is 0 Å². The number of primary amides is 1. The van der Waals surface area contributed by atoms with Crippen molar-refractivity contribution < 1.29 is 14.6 Å². The van der Waals surface area contributed by atoms with Gasteiger partial charge in [-0.25, -0.2) is 4.79 Å². The van der Waals surface area contributed by atoms with Crippen LogP contribution in [0.25, 0.3) is 0 Å². The molecule has 4 N–H and O–H groups in total. The highest BCUT2D eigenvalue weighted by molar-refractivity contribution is 5.78.